The maximum atomic E-state index is 11.7. The summed E-state index contributed by atoms with van der Waals surface area (Å²) in [6, 6.07) is 14.8. The summed E-state index contributed by atoms with van der Waals surface area (Å²) in [4.78, 5) is 16.6. The first-order valence-corrected chi connectivity index (χ1v) is 6.79. The van der Waals surface area contributed by atoms with Crippen LogP contribution in [0, 0.1) is 6.92 Å². The summed E-state index contributed by atoms with van der Waals surface area (Å²) in [6.45, 7) is 1.74. The zero-order valence-electron chi connectivity index (χ0n) is 11.5. The zero-order chi connectivity index (χ0) is 15.1. The van der Waals surface area contributed by atoms with Crippen LogP contribution in [0.1, 0.15) is 11.1 Å². The van der Waals surface area contributed by atoms with Crippen molar-refractivity contribution in [2.75, 3.05) is 11.9 Å². The van der Waals surface area contributed by atoms with Crippen LogP contribution in [0.15, 0.2) is 53.7 Å². The van der Waals surface area contributed by atoms with Gasteiger partial charge in [0.05, 0.1) is 6.21 Å². The van der Waals surface area contributed by atoms with Crippen molar-refractivity contribution in [1.82, 2.24) is 0 Å². The van der Waals surface area contributed by atoms with Gasteiger partial charge in [-0.25, -0.2) is 0 Å². The highest BCUT2D eigenvalue weighted by atomic mass is 35.5. The van der Waals surface area contributed by atoms with E-state index in [9.17, 15) is 4.79 Å². The van der Waals surface area contributed by atoms with Crippen LogP contribution in [0.2, 0.25) is 5.02 Å². The van der Waals surface area contributed by atoms with Crippen LogP contribution in [-0.4, -0.2) is 18.7 Å². The van der Waals surface area contributed by atoms with Crippen molar-refractivity contribution < 1.29 is 9.63 Å². The van der Waals surface area contributed by atoms with E-state index < -0.39 is 0 Å². The normalized spacial score (nSPS) is 10.6. The van der Waals surface area contributed by atoms with Crippen molar-refractivity contribution in [3.05, 3.63) is 64.7 Å². The van der Waals surface area contributed by atoms with Crippen molar-refractivity contribution in [3.8, 4) is 0 Å². The number of nitrogens with one attached hydrogen (secondary N) is 1. The number of carbonyl (C=O) groups is 1. The Hall–Kier alpha value is -2.33. The van der Waals surface area contributed by atoms with E-state index in [0.717, 1.165) is 11.1 Å². The summed E-state index contributed by atoms with van der Waals surface area (Å²) >= 11 is 5.99. The van der Waals surface area contributed by atoms with Gasteiger partial charge in [-0.1, -0.05) is 53.2 Å². The van der Waals surface area contributed by atoms with Gasteiger partial charge in [-0.15, -0.1) is 0 Å². The highest BCUT2D eigenvalue weighted by Crippen LogP contribution is 2.19. The summed E-state index contributed by atoms with van der Waals surface area (Å²) in [5.41, 5.74) is 2.49. The fourth-order valence-electron chi connectivity index (χ4n) is 1.60. The molecule has 0 heterocycles. The average Bonchev–Trinajstić information content (AvgIpc) is 2.49. The molecule has 21 heavy (non-hydrogen) atoms. The van der Waals surface area contributed by atoms with Gasteiger partial charge in [0, 0.05) is 10.7 Å². The molecule has 2 aromatic rings. The van der Waals surface area contributed by atoms with Crippen molar-refractivity contribution in [2.24, 2.45) is 5.16 Å². The Labute approximate surface area is 128 Å². The molecule has 0 unspecified atom stereocenters. The Bertz CT molecular complexity index is 642. The number of carbonyl (C=O) groups excluding carboxylic acids is 1. The molecule has 0 aromatic heterocycles. The Morgan fingerprint density at radius 2 is 2.05 bits per heavy atom. The largest absolute Gasteiger partial charge is 0.386 e. The fraction of sp³-hybridized carbons (Fsp3) is 0.125. The number of amides is 1. The van der Waals surface area contributed by atoms with Gasteiger partial charge in [-0.3, -0.25) is 4.79 Å². The summed E-state index contributed by atoms with van der Waals surface area (Å²) in [7, 11) is 0. The van der Waals surface area contributed by atoms with E-state index >= 15 is 0 Å². The van der Waals surface area contributed by atoms with E-state index in [-0.39, 0.29) is 12.5 Å². The molecule has 0 spiro atoms. The van der Waals surface area contributed by atoms with Gasteiger partial charge >= 0.3 is 0 Å². The monoisotopic (exact) mass is 302 g/mol. The van der Waals surface area contributed by atoms with Gasteiger partial charge in [-0.2, -0.15) is 0 Å². The number of rotatable bonds is 5. The fourth-order valence-corrected chi connectivity index (χ4v) is 1.78. The minimum atomic E-state index is -0.292. The molecule has 4 nitrogen and oxygen atoms in total. The quantitative estimate of drug-likeness (QED) is 0.677. The van der Waals surface area contributed by atoms with Crippen LogP contribution in [-0.2, 0) is 9.63 Å². The number of benzene rings is 2. The van der Waals surface area contributed by atoms with Crippen LogP contribution in [0.5, 0.6) is 0 Å². The second-order valence-electron chi connectivity index (χ2n) is 4.43. The van der Waals surface area contributed by atoms with Crippen molar-refractivity contribution >= 4 is 29.4 Å². The van der Waals surface area contributed by atoms with E-state index in [4.69, 9.17) is 16.4 Å². The van der Waals surface area contributed by atoms with E-state index in [0.29, 0.717) is 10.7 Å². The van der Waals surface area contributed by atoms with Crippen molar-refractivity contribution in [1.29, 1.82) is 0 Å². The smallest absolute Gasteiger partial charge is 0.265 e. The minimum Gasteiger partial charge on any atom is -0.386 e. The molecule has 0 saturated heterocycles. The first kappa shape index (κ1) is 15.1. The standard InChI is InChI=1S/C16H15ClN2O2/c1-12-7-8-14(9-15(12)17)19-16(20)11-21-18-10-13-5-3-2-4-6-13/h2-10H,11H2,1H3,(H,19,20)/b18-10-. The first-order valence-electron chi connectivity index (χ1n) is 6.41. The molecule has 2 aromatic carbocycles. The number of anilines is 1. The average molecular weight is 303 g/mol. The summed E-state index contributed by atoms with van der Waals surface area (Å²) in [5.74, 6) is -0.292. The molecule has 5 heteroatoms. The Morgan fingerprint density at radius 3 is 2.76 bits per heavy atom. The third kappa shape index (κ3) is 4.93. The van der Waals surface area contributed by atoms with Crippen LogP contribution in [0.3, 0.4) is 0 Å². The van der Waals surface area contributed by atoms with Crippen LogP contribution < -0.4 is 5.32 Å². The molecule has 108 valence electrons. The van der Waals surface area contributed by atoms with Crippen LogP contribution in [0.25, 0.3) is 0 Å². The third-order valence-electron chi connectivity index (χ3n) is 2.73. The van der Waals surface area contributed by atoms with E-state index in [2.05, 4.69) is 10.5 Å². The number of nitrogens with zero attached hydrogens (tertiary/aromatic N) is 1. The maximum absolute atomic E-state index is 11.7. The van der Waals surface area contributed by atoms with Gasteiger partial charge in [-0.05, 0) is 30.2 Å². The summed E-state index contributed by atoms with van der Waals surface area (Å²) < 4.78 is 0. The molecule has 2 rings (SSSR count). The lowest BCUT2D eigenvalue weighted by Gasteiger charge is -2.06. The lowest BCUT2D eigenvalue weighted by atomic mass is 10.2. The number of hydrogen-bond acceptors (Lipinski definition) is 3. The van der Waals surface area contributed by atoms with E-state index in [1.54, 1.807) is 18.3 Å². The summed E-state index contributed by atoms with van der Waals surface area (Å²) in [6.07, 6.45) is 1.55. The SMILES string of the molecule is Cc1ccc(NC(=O)CO/N=C\c2ccccc2)cc1Cl. The Balaban J connectivity index is 1.79. The summed E-state index contributed by atoms with van der Waals surface area (Å²) in [5, 5.41) is 7.04. The molecule has 0 fully saturated rings. The lowest BCUT2D eigenvalue weighted by molar-refractivity contribution is -0.120. The molecular weight excluding hydrogens is 288 g/mol. The van der Waals surface area contributed by atoms with Gasteiger partial charge in [0.2, 0.25) is 0 Å². The lowest BCUT2D eigenvalue weighted by Crippen LogP contribution is -2.16. The number of aryl methyl sites for hydroxylation is 1. The number of oxime groups is 1. The van der Waals surface area contributed by atoms with Crippen molar-refractivity contribution in [3.63, 3.8) is 0 Å². The van der Waals surface area contributed by atoms with E-state index in [1.165, 1.54) is 0 Å². The number of halogens is 1. The molecule has 1 N–H and O–H groups in total. The molecule has 0 bridgehead atoms. The topological polar surface area (TPSA) is 50.7 Å². The molecule has 0 aliphatic rings. The van der Waals surface area contributed by atoms with Crippen molar-refractivity contribution in [2.45, 2.75) is 6.92 Å². The van der Waals surface area contributed by atoms with E-state index in [1.807, 2.05) is 43.3 Å². The zero-order valence-corrected chi connectivity index (χ0v) is 12.3. The predicted octanol–water partition coefficient (Wildman–Crippen LogP) is 3.64. The van der Waals surface area contributed by atoms with Crippen LogP contribution in [0.4, 0.5) is 5.69 Å². The molecule has 0 saturated carbocycles. The highest BCUT2D eigenvalue weighted by molar-refractivity contribution is 6.31. The molecule has 0 aliphatic heterocycles. The minimum absolute atomic E-state index is 0.158. The molecular formula is C16H15ClN2O2. The molecule has 0 aliphatic carbocycles. The van der Waals surface area contributed by atoms with Gasteiger partial charge < -0.3 is 10.2 Å². The third-order valence-corrected chi connectivity index (χ3v) is 3.13. The van der Waals surface area contributed by atoms with Gasteiger partial charge in [0.25, 0.3) is 5.91 Å². The second-order valence-corrected chi connectivity index (χ2v) is 4.84. The number of hydrogen-bond donors (Lipinski definition) is 1. The predicted molar refractivity (Wildman–Crippen MR) is 84.8 cm³/mol. The Kier molecular flexibility index (Phi) is 5.35. The molecule has 1 amide bonds. The molecule has 0 radical (unpaired) electrons. The maximum Gasteiger partial charge on any atom is 0.265 e. The highest BCUT2D eigenvalue weighted by Gasteiger charge is 2.04. The molecule has 0 atom stereocenters. The van der Waals surface area contributed by atoms with Crippen LogP contribution >= 0.6 is 11.6 Å². The second kappa shape index (κ2) is 7.45. The van der Waals surface area contributed by atoms with Gasteiger partial charge in [0.15, 0.2) is 6.61 Å². The Morgan fingerprint density at radius 1 is 1.29 bits per heavy atom. The van der Waals surface area contributed by atoms with Gasteiger partial charge in [0.1, 0.15) is 0 Å². The first-order chi connectivity index (χ1) is 10.1.